The number of aliphatic hydroxyl groups excluding tert-OH is 1. The molecule has 0 amide bonds. The number of rotatable bonds is 6. The number of hydrogen-bond donors (Lipinski definition) is 2. The number of ether oxygens (including phenoxy) is 1. The predicted molar refractivity (Wildman–Crippen MR) is 83.2 cm³/mol. The first-order valence-corrected chi connectivity index (χ1v) is 7.15. The second-order valence-corrected chi connectivity index (χ2v) is 5.09. The summed E-state index contributed by atoms with van der Waals surface area (Å²) in [6, 6.07) is 12.3. The zero-order chi connectivity index (χ0) is 14.5. The second-order valence-electron chi connectivity index (χ2n) is 5.09. The van der Waals surface area contributed by atoms with Gasteiger partial charge in [-0.2, -0.15) is 0 Å². The van der Waals surface area contributed by atoms with Crippen molar-refractivity contribution < 1.29 is 9.84 Å². The third-order valence-corrected chi connectivity index (χ3v) is 3.95. The molecule has 108 valence electrons. The van der Waals surface area contributed by atoms with Crippen LogP contribution in [0.4, 0.5) is 0 Å². The molecule has 0 aromatic heterocycles. The summed E-state index contributed by atoms with van der Waals surface area (Å²) < 4.78 is 5.54. The molecular weight excluding hydrogens is 250 g/mol. The predicted octanol–water partition coefficient (Wildman–Crippen LogP) is 3.05. The molecule has 2 rings (SSSR count). The van der Waals surface area contributed by atoms with Gasteiger partial charge in [0.2, 0.25) is 0 Å². The summed E-state index contributed by atoms with van der Waals surface area (Å²) in [5.74, 6) is 0.956. The van der Waals surface area contributed by atoms with E-state index in [9.17, 15) is 5.11 Å². The van der Waals surface area contributed by atoms with Gasteiger partial charge in [0.05, 0.1) is 7.11 Å². The highest BCUT2D eigenvalue weighted by Crippen LogP contribution is 2.37. The Labute approximate surface area is 120 Å². The number of fused-ring (bicyclic) bond motifs is 1. The van der Waals surface area contributed by atoms with Crippen molar-refractivity contribution in [3.63, 3.8) is 0 Å². The van der Waals surface area contributed by atoms with Crippen LogP contribution in [-0.4, -0.2) is 24.9 Å². The van der Waals surface area contributed by atoms with Crippen LogP contribution in [0, 0.1) is 0 Å². The average Bonchev–Trinajstić information content (AvgIpc) is 2.51. The molecule has 3 heteroatoms. The van der Waals surface area contributed by atoms with E-state index in [1.165, 1.54) is 5.39 Å². The molecule has 2 aromatic carbocycles. The summed E-state index contributed by atoms with van der Waals surface area (Å²) in [6.45, 7) is 2.21. The van der Waals surface area contributed by atoms with Crippen LogP contribution in [0.15, 0.2) is 36.4 Å². The Morgan fingerprint density at radius 1 is 1.20 bits per heavy atom. The molecule has 2 aromatic rings. The van der Waals surface area contributed by atoms with Gasteiger partial charge < -0.3 is 15.6 Å². The fourth-order valence-corrected chi connectivity index (χ4v) is 2.83. The molecule has 0 fully saturated rings. The Morgan fingerprint density at radius 2 is 1.95 bits per heavy atom. The standard InChI is InChI=1S/C17H23NO2/c1-3-15(18)14(10-11-19)17-13-7-5-4-6-12(13)8-9-16(17)20-2/h4-9,14-15,19H,3,10-11,18H2,1-2H3. The van der Waals surface area contributed by atoms with Crippen LogP contribution in [0.1, 0.15) is 31.2 Å². The van der Waals surface area contributed by atoms with E-state index < -0.39 is 0 Å². The molecular formula is C17H23NO2. The van der Waals surface area contributed by atoms with E-state index in [0.717, 1.165) is 23.1 Å². The number of methoxy groups -OCH3 is 1. The van der Waals surface area contributed by atoms with Gasteiger partial charge in [-0.3, -0.25) is 0 Å². The molecule has 0 spiro atoms. The van der Waals surface area contributed by atoms with Crippen molar-refractivity contribution >= 4 is 10.8 Å². The summed E-state index contributed by atoms with van der Waals surface area (Å²) >= 11 is 0. The van der Waals surface area contributed by atoms with Crippen LogP contribution >= 0.6 is 0 Å². The fourth-order valence-electron chi connectivity index (χ4n) is 2.83. The number of hydrogen-bond acceptors (Lipinski definition) is 3. The quantitative estimate of drug-likeness (QED) is 0.850. The summed E-state index contributed by atoms with van der Waals surface area (Å²) in [4.78, 5) is 0. The van der Waals surface area contributed by atoms with Gasteiger partial charge in [0.15, 0.2) is 0 Å². The Hall–Kier alpha value is -1.58. The summed E-state index contributed by atoms with van der Waals surface area (Å²) in [6.07, 6.45) is 1.52. The average molecular weight is 273 g/mol. The van der Waals surface area contributed by atoms with Gasteiger partial charge in [-0.05, 0) is 29.7 Å². The van der Waals surface area contributed by atoms with Gasteiger partial charge in [-0.15, -0.1) is 0 Å². The topological polar surface area (TPSA) is 55.5 Å². The minimum atomic E-state index is 0.0156. The highest BCUT2D eigenvalue weighted by molar-refractivity contribution is 5.88. The Balaban J connectivity index is 2.64. The molecule has 20 heavy (non-hydrogen) atoms. The van der Waals surface area contributed by atoms with E-state index in [0.29, 0.717) is 6.42 Å². The number of aliphatic hydroxyl groups is 1. The molecule has 2 unspecified atom stereocenters. The van der Waals surface area contributed by atoms with Crippen molar-refractivity contribution in [1.29, 1.82) is 0 Å². The Bertz CT molecular complexity index is 568. The maximum atomic E-state index is 9.38. The maximum absolute atomic E-state index is 9.38. The van der Waals surface area contributed by atoms with Gasteiger partial charge in [0.1, 0.15) is 5.75 Å². The first-order valence-electron chi connectivity index (χ1n) is 7.15. The molecule has 0 bridgehead atoms. The zero-order valence-corrected chi connectivity index (χ0v) is 12.2. The van der Waals surface area contributed by atoms with Gasteiger partial charge >= 0.3 is 0 Å². The molecule has 0 aliphatic rings. The zero-order valence-electron chi connectivity index (χ0n) is 12.2. The van der Waals surface area contributed by atoms with Crippen LogP contribution in [0.2, 0.25) is 0 Å². The Morgan fingerprint density at radius 3 is 2.60 bits per heavy atom. The molecule has 3 N–H and O–H groups in total. The third kappa shape index (κ3) is 2.79. The first-order chi connectivity index (χ1) is 9.72. The number of benzene rings is 2. The van der Waals surface area contributed by atoms with Crippen molar-refractivity contribution in [2.75, 3.05) is 13.7 Å². The van der Waals surface area contributed by atoms with Gasteiger partial charge in [-0.25, -0.2) is 0 Å². The fraction of sp³-hybridized carbons (Fsp3) is 0.412. The summed E-state index contributed by atoms with van der Waals surface area (Å²) in [5, 5.41) is 11.7. The normalized spacial score (nSPS) is 14.2. The monoisotopic (exact) mass is 273 g/mol. The van der Waals surface area contributed by atoms with E-state index >= 15 is 0 Å². The first kappa shape index (κ1) is 14.8. The number of nitrogens with two attached hydrogens (primary N) is 1. The molecule has 0 aliphatic heterocycles. The van der Waals surface area contributed by atoms with Crippen molar-refractivity contribution in [2.24, 2.45) is 5.73 Å². The third-order valence-electron chi connectivity index (χ3n) is 3.95. The van der Waals surface area contributed by atoms with Crippen molar-refractivity contribution in [3.05, 3.63) is 42.0 Å². The van der Waals surface area contributed by atoms with Crippen LogP contribution < -0.4 is 10.5 Å². The van der Waals surface area contributed by atoms with E-state index in [2.05, 4.69) is 25.1 Å². The summed E-state index contributed by atoms with van der Waals surface area (Å²) in [5.41, 5.74) is 7.40. The SMILES string of the molecule is CCC(N)C(CCO)c1c(OC)ccc2ccccc12. The second kappa shape index (κ2) is 6.73. The minimum absolute atomic E-state index is 0.0156. The van der Waals surface area contributed by atoms with E-state index in [1.54, 1.807) is 7.11 Å². The van der Waals surface area contributed by atoms with Crippen LogP contribution in [-0.2, 0) is 0 Å². The van der Waals surface area contributed by atoms with E-state index in [-0.39, 0.29) is 18.6 Å². The van der Waals surface area contributed by atoms with E-state index in [1.807, 2.05) is 18.2 Å². The lowest BCUT2D eigenvalue weighted by atomic mass is 9.84. The van der Waals surface area contributed by atoms with Crippen molar-refractivity contribution in [1.82, 2.24) is 0 Å². The summed E-state index contributed by atoms with van der Waals surface area (Å²) in [7, 11) is 1.68. The Kier molecular flexibility index (Phi) is 4.99. The maximum Gasteiger partial charge on any atom is 0.123 e. The lowest BCUT2D eigenvalue weighted by Gasteiger charge is -2.26. The highest BCUT2D eigenvalue weighted by atomic mass is 16.5. The molecule has 2 atom stereocenters. The van der Waals surface area contributed by atoms with Gasteiger partial charge in [0.25, 0.3) is 0 Å². The molecule has 0 radical (unpaired) electrons. The molecule has 3 nitrogen and oxygen atoms in total. The molecule has 0 saturated heterocycles. The van der Waals surface area contributed by atoms with Crippen LogP contribution in [0.3, 0.4) is 0 Å². The van der Waals surface area contributed by atoms with Crippen molar-refractivity contribution in [3.8, 4) is 5.75 Å². The highest BCUT2D eigenvalue weighted by Gasteiger charge is 2.23. The lowest BCUT2D eigenvalue weighted by molar-refractivity contribution is 0.264. The molecule has 0 aliphatic carbocycles. The smallest absolute Gasteiger partial charge is 0.123 e. The largest absolute Gasteiger partial charge is 0.496 e. The lowest BCUT2D eigenvalue weighted by Crippen LogP contribution is -2.28. The van der Waals surface area contributed by atoms with Crippen LogP contribution in [0.5, 0.6) is 5.75 Å². The van der Waals surface area contributed by atoms with E-state index in [4.69, 9.17) is 10.5 Å². The molecule has 0 heterocycles. The van der Waals surface area contributed by atoms with Crippen LogP contribution in [0.25, 0.3) is 10.8 Å². The minimum Gasteiger partial charge on any atom is -0.496 e. The van der Waals surface area contributed by atoms with Crippen molar-refractivity contribution in [2.45, 2.75) is 31.7 Å². The molecule has 0 saturated carbocycles. The van der Waals surface area contributed by atoms with Gasteiger partial charge in [-0.1, -0.05) is 37.3 Å². The van der Waals surface area contributed by atoms with Gasteiger partial charge in [0, 0.05) is 24.1 Å².